The van der Waals surface area contributed by atoms with Crippen LogP contribution in [0.15, 0.2) is 24.3 Å². The molecule has 1 atom stereocenters. The highest BCUT2D eigenvalue weighted by Crippen LogP contribution is 2.15. The molecule has 1 amide bonds. The van der Waals surface area contributed by atoms with Crippen molar-refractivity contribution in [3.05, 3.63) is 29.8 Å². The van der Waals surface area contributed by atoms with Gasteiger partial charge in [0.1, 0.15) is 5.75 Å². The number of methoxy groups -OCH3 is 1. The smallest absolute Gasteiger partial charge is 0.236 e. The quantitative estimate of drug-likeness (QED) is 0.837. The van der Waals surface area contributed by atoms with Gasteiger partial charge in [-0.3, -0.25) is 4.79 Å². The van der Waals surface area contributed by atoms with Gasteiger partial charge in [-0.25, -0.2) is 0 Å². The van der Waals surface area contributed by atoms with E-state index in [4.69, 9.17) is 10.5 Å². The van der Waals surface area contributed by atoms with E-state index in [1.807, 2.05) is 36.1 Å². The molecule has 0 bridgehead atoms. The standard InChI is InChI=1S/C14H22N2O2/c1-4-11(2)16(14(17)9-15)10-12-5-7-13(18-3)8-6-12/h5-8,11H,4,9-10,15H2,1-3H3. The van der Waals surface area contributed by atoms with Crippen LogP contribution in [0.5, 0.6) is 5.75 Å². The molecule has 100 valence electrons. The second-order valence-corrected chi connectivity index (χ2v) is 4.33. The van der Waals surface area contributed by atoms with Crippen molar-refractivity contribution in [1.29, 1.82) is 0 Å². The molecule has 0 fully saturated rings. The van der Waals surface area contributed by atoms with Crippen LogP contribution in [0.2, 0.25) is 0 Å². The van der Waals surface area contributed by atoms with E-state index >= 15 is 0 Å². The second kappa shape index (κ2) is 7.01. The third-order valence-electron chi connectivity index (χ3n) is 3.13. The summed E-state index contributed by atoms with van der Waals surface area (Å²) in [6.45, 7) is 4.75. The van der Waals surface area contributed by atoms with Gasteiger partial charge < -0.3 is 15.4 Å². The van der Waals surface area contributed by atoms with Crippen molar-refractivity contribution in [2.24, 2.45) is 5.73 Å². The van der Waals surface area contributed by atoms with Crippen LogP contribution in [0.3, 0.4) is 0 Å². The number of ether oxygens (including phenoxy) is 1. The average molecular weight is 250 g/mol. The summed E-state index contributed by atoms with van der Waals surface area (Å²) in [7, 11) is 1.64. The number of rotatable bonds is 6. The minimum absolute atomic E-state index is 0.0137. The SMILES string of the molecule is CCC(C)N(Cc1ccc(OC)cc1)C(=O)CN. The molecular weight excluding hydrogens is 228 g/mol. The zero-order valence-corrected chi connectivity index (χ0v) is 11.3. The highest BCUT2D eigenvalue weighted by molar-refractivity contribution is 5.78. The average Bonchev–Trinajstić information content (AvgIpc) is 2.43. The van der Waals surface area contributed by atoms with Crippen molar-refractivity contribution in [3.63, 3.8) is 0 Å². The third-order valence-corrected chi connectivity index (χ3v) is 3.13. The topological polar surface area (TPSA) is 55.6 Å². The number of carbonyl (C=O) groups is 1. The van der Waals surface area contributed by atoms with Crippen LogP contribution in [0, 0.1) is 0 Å². The van der Waals surface area contributed by atoms with Crippen molar-refractivity contribution in [2.75, 3.05) is 13.7 Å². The fraction of sp³-hybridized carbons (Fsp3) is 0.500. The Kier molecular flexibility index (Phi) is 5.65. The predicted molar refractivity (Wildman–Crippen MR) is 72.4 cm³/mol. The summed E-state index contributed by atoms with van der Waals surface area (Å²) in [5, 5.41) is 0. The Morgan fingerprint density at radius 2 is 2.00 bits per heavy atom. The monoisotopic (exact) mass is 250 g/mol. The van der Waals surface area contributed by atoms with E-state index in [9.17, 15) is 4.79 Å². The first-order chi connectivity index (χ1) is 8.62. The molecule has 0 heterocycles. The summed E-state index contributed by atoms with van der Waals surface area (Å²) in [4.78, 5) is 13.6. The molecule has 0 spiro atoms. The van der Waals surface area contributed by atoms with Crippen LogP contribution in [0.25, 0.3) is 0 Å². The first kappa shape index (κ1) is 14.5. The van der Waals surface area contributed by atoms with Gasteiger partial charge in [-0.1, -0.05) is 19.1 Å². The summed E-state index contributed by atoms with van der Waals surface area (Å²) < 4.78 is 5.11. The van der Waals surface area contributed by atoms with Gasteiger partial charge in [0.25, 0.3) is 0 Å². The fourth-order valence-corrected chi connectivity index (χ4v) is 1.76. The molecule has 4 nitrogen and oxygen atoms in total. The van der Waals surface area contributed by atoms with Gasteiger partial charge in [-0.05, 0) is 31.0 Å². The van der Waals surface area contributed by atoms with Crippen molar-refractivity contribution >= 4 is 5.91 Å². The largest absolute Gasteiger partial charge is 0.497 e. The minimum Gasteiger partial charge on any atom is -0.497 e. The van der Waals surface area contributed by atoms with Crippen LogP contribution in [-0.2, 0) is 11.3 Å². The Bertz CT molecular complexity index is 376. The van der Waals surface area contributed by atoms with Crippen molar-refractivity contribution in [3.8, 4) is 5.75 Å². The molecule has 1 rings (SSSR count). The molecule has 0 radical (unpaired) electrons. The molecule has 4 heteroatoms. The Labute approximate surface area is 109 Å². The second-order valence-electron chi connectivity index (χ2n) is 4.33. The Morgan fingerprint density at radius 1 is 1.39 bits per heavy atom. The van der Waals surface area contributed by atoms with E-state index in [1.165, 1.54) is 0 Å². The summed E-state index contributed by atoms with van der Waals surface area (Å²) >= 11 is 0. The Morgan fingerprint density at radius 3 is 2.44 bits per heavy atom. The number of hydrogen-bond donors (Lipinski definition) is 1. The van der Waals surface area contributed by atoms with E-state index in [0.717, 1.165) is 17.7 Å². The van der Waals surface area contributed by atoms with E-state index in [-0.39, 0.29) is 18.5 Å². The maximum atomic E-state index is 11.8. The van der Waals surface area contributed by atoms with E-state index in [2.05, 4.69) is 6.92 Å². The third kappa shape index (κ3) is 3.74. The molecule has 0 aliphatic carbocycles. The van der Waals surface area contributed by atoms with Crippen LogP contribution < -0.4 is 10.5 Å². The molecule has 0 aliphatic rings. The lowest BCUT2D eigenvalue weighted by atomic mass is 10.1. The van der Waals surface area contributed by atoms with E-state index in [1.54, 1.807) is 7.11 Å². The van der Waals surface area contributed by atoms with Crippen molar-refractivity contribution < 1.29 is 9.53 Å². The molecule has 0 saturated carbocycles. The normalized spacial score (nSPS) is 12.0. The van der Waals surface area contributed by atoms with Gasteiger partial charge in [-0.2, -0.15) is 0 Å². The molecule has 0 saturated heterocycles. The maximum absolute atomic E-state index is 11.8. The Balaban J connectivity index is 2.78. The van der Waals surface area contributed by atoms with Gasteiger partial charge in [0.15, 0.2) is 0 Å². The zero-order valence-electron chi connectivity index (χ0n) is 11.3. The summed E-state index contributed by atoms with van der Waals surface area (Å²) in [5.74, 6) is 0.805. The van der Waals surface area contributed by atoms with E-state index < -0.39 is 0 Å². The fourth-order valence-electron chi connectivity index (χ4n) is 1.76. The van der Waals surface area contributed by atoms with Crippen molar-refractivity contribution in [2.45, 2.75) is 32.9 Å². The number of carbonyl (C=O) groups excluding carboxylic acids is 1. The molecule has 1 aromatic rings. The summed E-state index contributed by atoms with van der Waals surface area (Å²) in [6, 6.07) is 7.94. The minimum atomic E-state index is -0.0137. The van der Waals surface area contributed by atoms with Crippen LogP contribution >= 0.6 is 0 Å². The molecule has 1 aromatic carbocycles. The van der Waals surface area contributed by atoms with Crippen molar-refractivity contribution in [1.82, 2.24) is 4.90 Å². The van der Waals surface area contributed by atoms with Gasteiger partial charge in [0.2, 0.25) is 5.91 Å². The lowest BCUT2D eigenvalue weighted by Gasteiger charge is -2.28. The van der Waals surface area contributed by atoms with Crippen LogP contribution in [-0.4, -0.2) is 30.5 Å². The van der Waals surface area contributed by atoms with E-state index in [0.29, 0.717) is 6.54 Å². The molecule has 1 unspecified atom stereocenters. The van der Waals surface area contributed by atoms with Gasteiger partial charge in [-0.15, -0.1) is 0 Å². The molecule has 0 aliphatic heterocycles. The molecule has 0 aromatic heterocycles. The lowest BCUT2D eigenvalue weighted by molar-refractivity contribution is -0.132. The van der Waals surface area contributed by atoms with Gasteiger partial charge in [0, 0.05) is 12.6 Å². The van der Waals surface area contributed by atoms with Crippen LogP contribution in [0.4, 0.5) is 0 Å². The molecular formula is C14H22N2O2. The maximum Gasteiger partial charge on any atom is 0.236 e. The highest BCUT2D eigenvalue weighted by atomic mass is 16.5. The first-order valence-corrected chi connectivity index (χ1v) is 6.24. The summed E-state index contributed by atoms with van der Waals surface area (Å²) in [6.07, 6.45) is 0.919. The number of benzene rings is 1. The van der Waals surface area contributed by atoms with Crippen LogP contribution in [0.1, 0.15) is 25.8 Å². The van der Waals surface area contributed by atoms with Gasteiger partial charge in [0.05, 0.1) is 13.7 Å². The number of amides is 1. The van der Waals surface area contributed by atoms with Gasteiger partial charge >= 0.3 is 0 Å². The predicted octanol–water partition coefficient (Wildman–Crippen LogP) is 1.78. The Hall–Kier alpha value is -1.55. The first-order valence-electron chi connectivity index (χ1n) is 6.24. The lowest BCUT2D eigenvalue weighted by Crippen LogP contribution is -2.41. The number of nitrogens with zero attached hydrogens (tertiary/aromatic N) is 1. The number of nitrogens with two attached hydrogens (primary N) is 1. The summed E-state index contributed by atoms with van der Waals surface area (Å²) in [5.41, 5.74) is 6.53. The molecule has 2 N–H and O–H groups in total. The highest BCUT2D eigenvalue weighted by Gasteiger charge is 2.17. The number of hydrogen-bond acceptors (Lipinski definition) is 3. The zero-order chi connectivity index (χ0) is 13.5. The molecule has 18 heavy (non-hydrogen) atoms.